The Labute approximate surface area is 248 Å². The molecule has 0 spiro atoms. The lowest BCUT2D eigenvalue weighted by Gasteiger charge is -2.25. The molecule has 3 heterocycles. The van der Waals surface area contributed by atoms with Gasteiger partial charge >= 0.3 is 0 Å². The molecule has 0 saturated carbocycles. The topological polar surface area (TPSA) is 92.5 Å². The van der Waals surface area contributed by atoms with Crippen LogP contribution in [0.25, 0.3) is 11.1 Å². The van der Waals surface area contributed by atoms with Gasteiger partial charge in [-0.3, -0.25) is 9.98 Å². The van der Waals surface area contributed by atoms with Crippen molar-refractivity contribution < 1.29 is 9.84 Å². The van der Waals surface area contributed by atoms with E-state index >= 15 is 0 Å². The van der Waals surface area contributed by atoms with E-state index in [0.717, 1.165) is 39.4 Å². The van der Waals surface area contributed by atoms with Crippen molar-refractivity contribution in [3.05, 3.63) is 112 Å². The predicted molar refractivity (Wildman–Crippen MR) is 164 cm³/mol. The zero-order valence-electron chi connectivity index (χ0n) is 22.7. The van der Waals surface area contributed by atoms with Crippen molar-refractivity contribution in [2.45, 2.75) is 25.9 Å². The maximum Gasteiger partial charge on any atom is 0.179 e. The van der Waals surface area contributed by atoms with Gasteiger partial charge in [0.25, 0.3) is 0 Å². The normalized spacial score (nSPS) is 15.9. The van der Waals surface area contributed by atoms with Gasteiger partial charge < -0.3 is 15.2 Å². The highest BCUT2D eigenvalue weighted by molar-refractivity contribution is 6.37. The van der Waals surface area contributed by atoms with Crippen molar-refractivity contribution in [3.8, 4) is 5.75 Å². The van der Waals surface area contributed by atoms with Crippen molar-refractivity contribution in [1.82, 2.24) is 15.0 Å². The number of rotatable bonds is 7. The Bertz CT molecular complexity index is 1740. The third-order valence-corrected chi connectivity index (χ3v) is 7.97. The Hall–Kier alpha value is -4.04. The van der Waals surface area contributed by atoms with E-state index in [-0.39, 0.29) is 5.92 Å². The van der Waals surface area contributed by atoms with Crippen molar-refractivity contribution in [3.63, 3.8) is 0 Å². The number of pyridine rings is 1. The predicted octanol–water partition coefficient (Wildman–Crippen LogP) is 7.58. The quantitative estimate of drug-likeness (QED) is 0.233. The number of aliphatic imine (C=N–C) groups is 1. The minimum atomic E-state index is -1.12. The molecule has 0 fully saturated rings. The van der Waals surface area contributed by atoms with Crippen LogP contribution in [0, 0.1) is 5.92 Å². The Morgan fingerprint density at radius 1 is 1.05 bits per heavy atom. The summed E-state index contributed by atoms with van der Waals surface area (Å²) in [5, 5.41) is 15.0. The van der Waals surface area contributed by atoms with Gasteiger partial charge in [-0.15, -0.1) is 0 Å². The molecule has 0 saturated heterocycles. The van der Waals surface area contributed by atoms with E-state index in [1.807, 2.05) is 30.3 Å². The minimum absolute atomic E-state index is 0.174. The standard InChI is InChI=1S/C32H27Cl2N5O2/c1-32(2,40)24-8-9-25(33)23(28(24)34)15-18-14-19(16-22-21-6-4-5-7-26(21)38-29(18)22)30-36-17-27(41-3)31(39-30)37-20-10-12-35-13-11-20/h4-14,16-18,40H,15H2,1-3H3,(H,35,36,37,39). The fourth-order valence-electron chi connectivity index (χ4n) is 5.15. The molecule has 2 aromatic heterocycles. The lowest BCUT2D eigenvalue weighted by atomic mass is 9.82. The second-order valence-corrected chi connectivity index (χ2v) is 11.2. The van der Waals surface area contributed by atoms with Crippen LogP contribution in [0.5, 0.6) is 5.75 Å². The summed E-state index contributed by atoms with van der Waals surface area (Å²) in [6.45, 7) is 3.42. The van der Waals surface area contributed by atoms with Gasteiger partial charge in [0.15, 0.2) is 17.4 Å². The number of nitrogens with zero attached hydrogens (tertiary/aromatic N) is 4. The number of hydrogen-bond donors (Lipinski definition) is 2. The summed E-state index contributed by atoms with van der Waals surface area (Å²) in [6.07, 6.45) is 9.74. The highest BCUT2D eigenvalue weighted by Crippen LogP contribution is 2.44. The molecule has 0 amide bonds. The van der Waals surface area contributed by atoms with Gasteiger partial charge in [-0.25, -0.2) is 9.97 Å². The summed E-state index contributed by atoms with van der Waals surface area (Å²) in [4.78, 5) is 18.6. The molecule has 2 N–H and O–H groups in total. The molecule has 41 heavy (non-hydrogen) atoms. The van der Waals surface area contributed by atoms with Gasteiger partial charge in [-0.2, -0.15) is 0 Å². The number of fused-ring (bicyclic) bond motifs is 3. The monoisotopic (exact) mass is 583 g/mol. The highest BCUT2D eigenvalue weighted by Gasteiger charge is 2.32. The number of aromatic nitrogens is 3. The molecule has 2 aromatic carbocycles. The molecule has 1 aliphatic heterocycles. The number of anilines is 2. The molecule has 7 nitrogen and oxygen atoms in total. The smallest absolute Gasteiger partial charge is 0.179 e. The van der Waals surface area contributed by atoms with Gasteiger partial charge in [-0.1, -0.05) is 53.5 Å². The van der Waals surface area contributed by atoms with Crippen molar-refractivity contribution in [1.29, 1.82) is 0 Å². The van der Waals surface area contributed by atoms with E-state index in [1.54, 1.807) is 51.7 Å². The molecule has 1 atom stereocenters. The average molecular weight is 585 g/mol. The van der Waals surface area contributed by atoms with Crippen LogP contribution in [0.15, 0.2) is 84.3 Å². The second kappa shape index (κ2) is 10.7. The van der Waals surface area contributed by atoms with Crippen LogP contribution < -0.4 is 10.1 Å². The number of halogens is 2. The fourth-order valence-corrected chi connectivity index (χ4v) is 5.91. The number of para-hydroxylation sites is 1. The number of ether oxygens (including phenoxy) is 1. The number of nitrogens with one attached hydrogen (secondary N) is 1. The van der Waals surface area contributed by atoms with Crippen LogP contribution in [-0.2, 0) is 12.0 Å². The van der Waals surface area contributed by atoms with Crippen LogP contribution in [0.4, 0.5) is 17.2 Å². The highest BCUT2D eigenvalue weighted by atomic mass is 35.5. The molecule has 0 bridgehead atoms. The lowest BCUT2D eigenvalue weighted by molar-refractivity contribution is 0.0786. The maximum absolute atomic E-state index is 10.7. The number of allylic oxidation sites excluding steroid dienone is 4. The van der Waals surface area contributed by atoms with E-state index < -0.39 is 5.60 Å². The van der Waals surface area contributed by atoms with E-state index in [2.05, 4.69) is 33.5 Å². The molecule has 206 valence electrons. The number of methoxy groups -OCH3 is 1. The van der Waals surface area contributed by atoms with Gasteiger partial charge in [-0.05, 0) is 56.2 Å². The van der Waals surface area contributed by atoms with Crippen LogP contribution in [-0.4, -0.2) is 32.9 Å². The SMILES string of the molecule is COc1cnc(C2=CC(Cc3c(Cl)ccc(C(C)(C)O)c3Cl)C3=Nc4ccccc4C3=C2)nc1Nc1ccncc1. The summed E-state index contributed by atoms with van der Waals surface area (Å²) in [7, 11) is 1.58. The molecule has 0 radical (unpaired) electrons. The summed E-state index contributed by atoms with van der Waals surface area (Å²) < 4.78 is 5.53. The number of hydrogen-bond acceptors (Lipinski definition) is 7. The summed E-state index contributed by atoms with van der Waals surface area (Å²) in [5.41, 5.74) is 5.82. The summed E-state index contributed by atoms with van der Waals surface area (Å²) in [6, 6.07) is 15.3. The molecule has 2 aliphatic rings. The Morgan fingerprint density at radius 3 is 2.59 bits per heavy atom. The zero-order chi connectivity index (χ0) is 28.7. The Kier molecular flexibility index (Phi) is 7.11. The molecule has 1 aliphatic carbocycles. The van der Waals surface area contributed by atoms with Gasteiger partial charge in [0, 0.05) is 51.3 Å². The Morgan fingerprint density at radius 2 is 1.83 bits per heavy atom. The molecular formula is C32H27Cl2N5O2. The Balaban J connectivity index is 1.45. The fraction of sp³-hybridized carbons (Fsp3) is 0.188. The van der Waals surface area contributed by atoms with Crippen LogP contribution in [0.2, 0.25) is 10.0 Å². The maximum atomic E-state index is 10.7. The van der Waals surface area contributed by atoms with Crippen LogP contribution in [0.3, 0.4) is 0 Å². The zero-order valence-corrected chi connectivity index (χ0v) is 24.2. The first-order chi connectivity index (χ1) is 19.7. The minimum Gasteiger partial charge on any atom is -0.491 e. The molecule has 4 aromatic rings. The van der Waals surface area contributed by atoms with Crippen LogP contribution in [0.1, 0.15) is 36.4 Å². The van der Waals surface area contributed by atoms with Crippen molar-refractivity contribution in [2.24, 2.45) is 10.9 Å². The third kappa shape index (κ3) is 5.24. The third-order valence-electron chi connectivity index (χ3n) is 7.19. The average Bonchev–Trinajstić information content (AvgIpc) is 3.34. The van der Waals surface area contributed by atoms with Crippen molar-refractivity contribution >= 4 is 57.3 Å². The first-order valence-corrected chi connectivity index (χ1v) is 13.9. The van der Waals surface area contributed by atoms with E-state index in [9.17, 15) is 5.11 Å². The van der Waals surface area contributed by atoms with Crippen molar-refractivity contribution in [2.75, 3.05) is 12.4 Å². The summed E-state index contributed by atoms with van der Waals surface area (Å²) >= 11 is 13.6. The van der Waals surface area contributed by atoms with Gasteiger partial charge in [0.1, 0.15) is 0 Å². The number of benzene rings is 2. The lowest BCUT2D eigenvalue weighted by Crippen LogP contribution is -2.21. The summed E-state index contributed by atoms with van der Waals surface area (Å²) in [5.74, 6) is 1.41. The second-order valence-electron chi connectivity index (χ2n) is 10.4. The van der Waals surface area contributed by atoms with Gasteiger partial charge in [0.2, 0.25) is 0 Å². The van der Waals surface area contributed by atoms with E-state index in [4.69, 9.17) is 37.9 Å². The molecule has 9 heteroatoms. The van der Waals surface area contributed by atoms with Crippen LogP contribution >= 0.6 is 23.2 Å². The van der Waals surface area contributed by atoms with E-state index in [1.165, 1.54) is 0 Å². The molecule has 6 rings (SSSR count). The molecule has 1 unspecified atom stereocenters. The number of aliphatic hydroxyl groups is 1. The first-order valence-electron chi connectivity index (χ1n) is 13.1. The van der Waals surface area contributed by atoms with E-state index in [0.29, 0.717) is 39.4 Å². The largest absolute Gasteiger partial charge is 0.491 e. The first kappa shape index (κ1) is 27.1. The molecular weight excluding hydrogens is 557 g/mol. The van der Waals surface area contributed by atoms with Gasteiger partial charge in [0.05, 0.1) is 35.3 Å².